The minimum absolute atomic E-state index is 0.0433. The number of allylic oxidation sites excluding steroid dienone is 2. The maximum atomic E-state index is 13.6. The predicted molar refractivity (Wildman–Crippen MR) is 162 cm³/mol. The van der Waals surface area contributed by atoms with E-state index in [0.717, 1.165) is 11.8 Å². The van der Waals surface area contributed by atoms with E-state index in [2.05, 4.69) is 22.0 Å². The van der Waals surface area contributed by atoms with Gasteiger partial charge in [0.1, 0.15) is 11.5 Å². The first-order valence-electron chi connectivity index (χ1n) is 12.8. The number of carbonyl (C=O) groups is 2. The summed E-state index contributed by atoms with van der Waals surface area (Å²) in [6.07, 6.45) is 0. The maximum Gasteiger partial charge on any atom is 0.254 e. The highest BCUT2D eigenvalue weighted by molar-refractivity contribution is 8.03. The lowest BCUT2D eigenvalue weighted by Gasteiger charge is -2.30. The van der Waals surface area contributed by atoms with Crippen LogP contribution >= 0.6 is 11.8 Å². The largest absolute Gasteiger partial charge is 0.504 e. The van der Waals surface area contributed by atoms with E-state index in [1.165, 1.54) is 27.4 Å². The Bertz CT molecular complexity index is 1600. The summed E-state index contributed by atoms with van der Waals surface area (Å²) in [6, 6.07) is 21.0. The number of nitrogens with one attached hydrogen (secondary N) is 3. The number of aromatic hydroxyl groups is 1. The molecule has 1 aliphatic rings. The first kappa shape index (κ1) is 29.9. The van der Waals surface area contributed by atoms with Gasteiger partial charge < -0.3 is 35.3 Å². The molecule has 0 aliphatic carbocycles. The van der Waals surface area contributed by atoms with Crippen LogP contribution in [0.15, 0.2) is 88.6 Å². The smallest absolute Gasteiger partial charge is 0.254 e. The molecule has 4 rings (SSSR count). The Balaban J connectivity index is 1.66. The summed E-state index contributed by atoms with van der Waals surface area (Å²) in [7, 11) is 4.45. The average Bonchev–Trinajstić information content (AvgIpc) is 3.00. The Morgan fingerprint density at radius 3 is 2.38 bits per heavy atom. The van der Waals surface area contributed by atoms with E-state index in [9.17, 15) is 20.0 Å². The van der Waals surface area contributed by atoms with Crippen LogP contribution in [0.5, 0.6) is 23.0 Å². The number of methoxy groups -OCH3 is 3. The Labute approximate surface area is 248 Å². The van der Waals surface area contributed by atoms with Crippen molar-refractivity contribution in [2.75, 3.05) is 37.7 Å². The highest BCUT2D eigenvalue weighted by Crippen LogP contribution is 2.43. The lowest BCUT2D eigenvalue weighted by Crippen LogP contribution is -2.31. The zero-order valence-electron chi connectivity index (χ0n) is 23.5. The molecule has 0 radical (unpaired) electrons. The van der Waals surface area contributed by atoms with Gasteiger partial charge in [-0.3, -0.25) is 9.59 Å². The lowest BCUT2D eigenvalue weighted by atomic mass is 9.82. The van der Waals surface area contributed by atoms with Crippen LogP contribution in [0, 0.1) is 11.3 Å². The van der Waals surface area contributed by atoms with Crippen molar-refractivity contribution in [2.45, 2.75) is 12.8 Å². The van der Waals surface area contributed by atoms with Crippen molar-refractivity contribution in [1.29, 1.82) is 5.26 Å². The summed E-state index contributed by atoms with van der Waals surface area (Å²) in [5, 5.41) is 29.9. The van der Waals surface area contributed by atoms with E-state index in [1.807, 2.05) is 6.07 Å². The fraction of sp³-hybridized carbons (Fsp3) is 0.194. The van der Waals surface area contributed by atoms with Crippen molar-refractivity contribution < 1.29 is 28.9 Å². The van der Waals surface area contributed by atoms with Crippen LogP contribution < -0.4 is 30.2 Å². The number of hydrogen-bond acceptors (Lipinski definition) is 9. The van der Waals surface area contributed by atoms with Gasteiger partial charge in [0.05, 0.1) is 55.4 Å². The Morgan fingerprint density at radius 2 is 1.71 bits per heavy atom. The van der Waals surface area contributed by atoms with Crippen LogP contribution in [0.3, 0.4) is 0 Å². The summed E-state index contributed by atoms with van der Waals surface area (Å²) < 4.78 is 15.9. The molecule has 0 spiro atoms. The SMILES string of the molecule is COc1ccc(OC)c(NC(=O)CSC2=C(C#N)[C@@H](c3ccc(O)c(OC)c3)C(C(=O)Nc3ccccc3)=C(C)N2)c1. The number of hydrogen-bond donors (Lipinski definition) is 4. The van der Waals surface area contributed by atoms with Gasteiger partial charge in [-0.25, -0.2) is 0 Å². The maximum absolute atomic E-state index is 13.6. The molecule has 10 nitrogen and oxygen atoms in total. The number of rotatable bonds is 10. The monoisotopic (exact) mass is 586 g/mol. The molecule has 1 atom stereocenters. The van der Waals surface area contributed by atoms with Crippen molar-refractivity contribution in [1.82, 2.24) is 5.32 Å². The average molecular weight is 587 g/mol. The number of dihydropyridines is 1. The van der Waals surface area contributed by atoms with Gasteiger partial charge in [0, 0.05) is 23.0 Å². The van der Waals surface area contributed by atoms with Crippen molar-refractivity contribution in [2.24, 2.45) is 0 Å². The Morgan fingerprint density at radius 1 is 0.976 bits per heavy atom. The van der Waals surface area contributed by atoms with Gasteiger partial charge in [-0.1, -0.05) is 36.0 Å². The molecular weight excluding hydrogens is 556 g/mol. The second kappa shape index (κ2) is 13.5. The van der Waals surface area contributed by atoms with Crippen LogP contribution in [0.4, 0.5) is 11.4 Å². The van der Waals surface area contributed by atoms with Gasteiger partial charge in [0.15, 0.2) is 11.5 Å². The number of anilines is 2. The third kappa shape index (κ3) is 6.62. The topological polar surface area (TPSA) is 142 Å². The summed E-state index contributed by atoms with van der Waals surface area (Å²) in [4.78, 5) is 26.6. The quantitative estimate of drug-likeness (QED) is 0.254. The van der Waals surface area contributed by atoms with Gasteiger partial charge >= 0.3 is 0 Å². The van der Waals surface area contributed by atoms with Gasteiger partial charge in [0.2, 0.25) is 5.91 Å². The Kier molecular flexibility index (Phi) is 9.62. The number of amides is 2. The molecule has 1 aliphatic heterocycles. The number of carbonyl (C=O) groups excluding carboxylic acids is 2. The molecule has 0 bridgehead atoms. The molecule has 0 fully saturated rings. The molecule has 42 heavy (non-hydrogen) atoms. The number of phenols is 1. The predicted octanol–water partition coefficient (Wildman–Crippen LogP) is 5.12. The summed E-state index contributed by atoms with van der Waals surface area (Å²) >= 11 is 1.13. The zero-order valence-corrected chi connectivity index (χ0v) is 24.3. The van der Waals surface area contributed by atoms with Crippen molar-refractivity contribution >= 4 is 35.0 Å². The summed E-state index contributed by atoms with van der Waals surface area (Å²) in [5.41, 5.74) is 2.66. The highest BCUT2D eigenvalue weighted by atomic mass is 32.2. The standard InChI is InChI=1S/C31H30N4O6S/c1-18-28(30(38)34-20-8-6-5-7-9-20)29(19-10-12-24(36)26(14-19)41-4)22(16-32)31(33-18)42-17-27(37)35-23-15-21(39-2)11-13-25(23)40-3/h5-15,29,33,36H,17H2,1-4H3,(H,34,38)(H,35,37)/t29-/m1/s1. The molecule has 0 unspecified atom stereocenters. The molecule has 4 N–H and O–H groups in total. The first-order chi connectivity index (χ1) is 20.3. The number of nitrogens with zero attached hydrogens (tertiary/aromatic N) is 1. The number of para-hydroxylation sites is 1. The van der Waals surface area contributed by atoms with Crippen LogP contribution in [0.2, 0.25) is 0 Å². The third-order valence-electron chi connectivity index (χ3n) is 6.49. The summed E-state index contributed by atoms with van der Waals surface area (Å²) in [6.45, 7) is 1.74. The molecule has 0 saturated carbocycles. The molecule has 3 aromatic rings. The van der Waals surface area contributed by atoms with Crippen molar-refractivity contribution in [3.63, 3.8) is 0 Å². The van der Waals surface area contributed by atoms with E-state index in [1.54, 1.807) is 61.5 Å². The normalized spacial score (nSPS) is 14.4. The Hall–Kier alpha value is -5.08. The van der Waals surface area contributed by atoms with E-state index in [-0.39, 0.29) is 28.7 Å². The van der Waals surface area contributed by atoms with Crippen molar-refractivity contribution in [3.8, 4) is 29.1 Å². The van der Waals surface area contributed by atoms with Crippen molar-refractivity contribution in [3.05, 3.63) is 94.2 Å². The third-order valence-corrected chi connectivity index (χ3v) is 7.51. The molecule has 11 heteroatoms. The van der Waals surface area contributed by atoms with Gasteiger partial charge in [-0.05, 0) is 48.9 Å². The molecule has 3 aromatic carbocycles. The molecule has 216 valence electrons. The second-order valence-electron chi connectivity index (χ2n) is 9.11. The lowest BCUT2D eigenvalue weighted by molar-refractivity contribution is -0.114. The minimum Gasteiger partial charge on any atom is -0.504 e. The number of ether oxygens (including phenoxy) is 3. The highest BCUT2D eigenvalue weighted by Gasteiger charge is 2.35. The zero-order chi connectivity index (χ0) is 30.2. The molecule has 1 heterocycles. The van der Waals surface area contributed by atoms with E-state index >= 15 is 0 Å². The van der Waals surface area contributed by atoms with E-state index < -0.39 is 11.8 Å². The van der Waals surface area contributed by atoms with Crippen LogP contribution in [-0.2, 0) is 9.59 Å². The number of benzene rings is 3. The first-order valence-corrected chi connectivity index (χ1v) is 13.8. The molecule has 0 saturated heterocycles. The van der Waals surface area contributed by atoms with Crippen LogP contribution in [0.1, 0.15) is 18.4 Å². The number of nitriles is 1. The van der Waals surface area contributed by atoms with E-state index in [4.69, 9.17) is 14.2 Å². The number of thioether (sulfide) groups is 1. The molecular formula is C31H30N4O6S. The van der Waals surface area contributed by atoms with Gasteiger partial charge in [-0.2, -0.15) is 5.26 Å². The fourth-order valence-corrected chi connectivity index (χ4v) is 5.38. The molecule has 0 aromatic heterocycles. The molecule has 2 amide bonds. The van der Waals surface area contributed by atoms with Gasteiger partial charge in [0.25, 0.3) is 5.91 Å². The minimum atomic E-state index is -0.807. The van der Waals surface area contributed by atoms with Crippen LogP contribution in [-0.4, -0.2) is 44.0 Å². The van der Waals surface area contributed by atoms with E-state index in [0.29, 0.717) is 44.7 Å². The van der Waals surface area contributed by atoms with Gasteiger partial charge in [-0.15, -0.1) is 0 Å². The fourth-order valence-electron chi connectivity index (χ4n) is 4.49. The second-order valence-corrected chi connectivity index (χ2v) is 10.1. The number of phenolic OH excluding ortho intramolecular Hbond substituents is 1. The van der Waals surface area contributed by atoms with Crippen LogP contribution in [0.25, 0.3) is 0 Å². The summed E-state index contributed by atoms with van der Waals surface area (Å²) in [5.74, 6) is -0.445.